The molecule has 1 aromatic rings. The van der Waals surface area contributed by atoms with E-state index in [-0.39, 0.29) is 5.75 Å². The highest BCUT2D eigenvalue weighted by atomic mass is 16.5. The van der Waals surface area contributed by atoms with Crippen LogP contribution in [0.1, 0.15) is 18.9 Å². The van der Waals surface area contributed by atoms with Gasteiger partial charge in [-0.15, -0.1) is 0 Å². The zero-order chi connectivity index (χ0) is 11.4. The normalized spacial score (nSPS) is 12.1. The van der Waals surface area contributed by atoms with E-state index < -0.39 is 12.1 Å². The average molecular weight is 210 g/mol. The largest absolute Gasteiger partial charge is 0.508 e. The number of aryl methyl sites for hydroxylation is 1. The topological polar surface area (TPSA) is 66.8 Å². The summed E-state index contributed by atoms with van der Waals surface area (Å²) in [5, 5.41) is 18.1. The zero-order valence-corrected chi connectivity index (χ0v) is 8.73. The molecule has 4 heteroatoms. The van der Waals surface area contributed by atoms with Gasteiger partial charge in [0, 0.05) is 6.07 Å². The van der Waals surface area contributed by atoms with Crippen LogP contribution in [0.3, 0.4) is 0 Å². The molecule has 1 aromatic carbocycles. The van der Waals surface area contributed by atoms with E-state index in [1.807, 2.05) is 0 Å². The Morgan fingerprint density at radius 2 is 2.13 bits per heavy atom. The molecule has 15 heavy (non-hydrogen) atoms. The van der Waals surface area contributed by atoms with Gasteiger partial charge in [-0.05, 0) is 31.0 Å². The van der Waals surface area contributed by atoms with Gasteiger partial charge in [0.25, 0.3) is 0 Å². The summed E-state index contributed by atoms with van der Waals surface area (Å²) in [6, 6.07) is 4.67. The lowest BCUT2D eigenvalue weighted by Crippen LogP contribution is -2.25. The molecule has 0 saturated carbocycles. The van der Waals surface area contributed by atoms with E-state index in [1.165, 1.54) is 6.07 Å². The molecule has 0 radical (unpaired) electrons. The number of carboxylic acid groups (broad SMARTS) is 1. The molecule has 0 fully saturated rings. The summed E-state index contributed by atoms with van der Waals surface area (Å²) in [4.78, 5) is 10.7. The van der Waals surface area contributed by atoms with Crippen molar-refractivity contribution in [3.63, 3.8) is 0 Å². The lowest BCUT2D eigenvalue weighted by Gasteiger charge is -2.13. The van der Waals surface area contributed by atoms with Crippen LogP contribution in [0.2, 0.25) is 0 Å². The molecule has 1 rings (SSSR count). The zero-order valence-electron chi connectivity index (χ0n) is 8.73. The summed E-state index contributed by atoms with van der Waals surface area (Å²) in [5.74, 6) is -0.550. The predicted octanol–water partition coefficient (Wildman–Crippen LogP) is 1.94. The number of carbonyl (C=O) groups is 1. The second kappa shape index (κ2) is 4.68. The summed E-state index contributed by atoms with van der Waals surface area (Å²) in [7, 11) is 0. The first-order valence-corrected chi connectivity index (χ1v) is 4.73. The van der Waals surface area contributed by atoms with Gasteiger partial charge < -0.3 is 14.9 Å². The Kier molecular flexibility index (Phi) is 3.55. The molecule has 0 aliphatic rings. The molecule has 0 aliphatic heterocycles. The first-order chi connectivity index (χ1) is 7.02. The van der Waals surface area contributed by atoms with E-state index in [0.29, 0.717) is 12.2 Å². The molecule has 1 atom stereocenters. The standard InChI is InChI=1S/C11H14O4/c1-3-10(11(13)14)15-9-5-7(2)4-8(12)6-9/h4-6,10,12H,3H2,1-2H3,(H,13,14). The van der Waals surface area contributed by atoms with Gasteiger partial charge in [0.2, 0.25) is 0 Å². The second-order valence-electron chi connectivity index (χ2n) is 3.36. The Hall–Kier alpha value is -1.71. The number of carboxylic acids is 1. The number of rotatable bonds is 4. The van der Waals surface area contributed by atoms with Crippen LogP contribution < -0.4 is 4.74 Å². The fourth-order valence-electron chi connectivity index (χ4n) is 1.27. The summed E-state index contributed by atoms with van der Waals surface area (Å²) in [6.07, 6.45) is -0.490. The van der Waals surface area contributed by atoms with Crippen LogP contribution in [0, 0.1) is 6.92 Å². The summed E-state index contributed by atoms with van der Waals surface area (Å²) < 4.78 is 5.23. The maximum Gasteiger partial charge on any atom is 0.344 e. The first kappa shape index (κ1) is 11.4. The number of hydrogen-bond acceptors (Lipinski definition) is 3. The minimum absolute atomic E-state index is 0.0743. The third-order valence-corrected chi connectivity index (χ3v) is 1.96. The van der Waals surface area contributed by atoms with Crippen molar-refractivity contribution >= 4 is 5.97 Å². The second-order valence-corrected chi connectivity index (χ2v) is 3.36. The van der Waals surface area contributed by atoms with Gasteiger partial charge in [0.1, 0.15) is 11.5 Å². The highest BCUT2D eigenvalue weighted by molar-refractivity contribution is 5.72. The monoisotopic (exact) mass is 210 g/mol. The number of phenolic OH excluding ortho intramolecular Hbond substituents is 1. The molecular weight excluding hydrogens is 196 g/mol. The van der Waals surface area contributed by atoms with E-state index >= 15 is 0 Å². The van der Waals surface area contributed by atoms with Gasteiger partial charge in [-0.25, -0.2) is 4.79 Å². The Bertz CT molecular complexity index is 339. The van der Waals surface area contributed by atoms with E-state index in [4.69, 9.17) is 9.84 Å². The van der Waals surface area contributed by atoms with Crippen molar-refractivity contribution in [1.82, 2.24) is 0 Å². The quantitative estimate of drug-likeness (QED) is 0.797. The van der Waals surface area contributed by atoms with Crippen LogP contribution >= 0.6 is 0 Å². The molecule has 0 saturated heterocycles. The van der Waals surface area contributed by atoms with Gasteiger partial charge in [-0.3, -0.25) is 0 Å². The minimum Gasteiger partial charge on any atom is -0.508 e. The minimum atomic E-state index is -1.00. The number of aliphatic carboxylic acids is 1. The molecule has 1 unspecified atom stereocenters. The smallest absolute Gasteiger partial charge is 0.344 e. The first-order valence-electron chi connectivity index (χ1n) is 4.73. The van der Waals surface area contributed by atoms with Crippen LogP contribution in [-0.2, 0) is 4.79 Å². The number of phenols is 1. The van der Waals surface area contributed by atoms with Crippen LogP contribution in [-0.4, -0.2) is 22.3 Å². The predicted molar refractivity (Wildman–Crippen MR) is 55.2 cm³/mol. The Labute approximate surface area is 88.1 Å². The van der Waals surface area contributed by atoms with Crippen LogP contribution in [0.25, 0.3) is 0 Å². The van der Waals surface area contributed by atoms with Crippen LogP contribution in [0.15, 0.2) is 18.2 Å². The Balaban J connectivity index is 2.83. The van der Waals surface area contributed by atoms with Gasteiger partial charge in [0.15, 0.2) is 6.10 Å². The maximum absolute atomic E-state index is 10.7. The van der Waals surface area contributed by atoms with E-state index in [2.05, 4.69) is 0 Å². The molecule has 82 valence electrons. The molecule has 0 aromatic heterocycles. The fourth-order valence-corrected chi connectivity index (χ4v) is 1.27. The van der Waals surface area contributed by atoms with Gasteiger partial charge in [-0.1, -0.05) is 6.92 Å². The van der Waals surface area contributed by atoms with Crippen molar-refractivity contribution in [1.29, 1.82) is 0 Å². The van der Waals surface area contributed by atoms with Crippen molar-refractivity contribution in [3.05, 3.63) is 23.8 Å². The number of ether oxygens (including phenoxy) is 1. The van der Waals surface area contributed by atoms with Gasteiger partial charge in [0.05, 0.1) is 0 Å². The maximum atomic E-state index is 10.7. The SMILES string of the molecule is CCC(Oc1cc(C)cc(O)c1)C(=O)O. The summed E-state index contributed by atoms with van der Waals surface area (Å²) in [5.41, 5.74) is 0.824. The van der Waals surface area contributed by atoms with Crippen molar-refractivity contribution in [2.24, 2.45) is 0 Å². The van der Waals surface area contributed by atoms with Gasteiger partial charge in [-0.2, -0.15) is 0 Å². The lowest BCUT2D eigenvalue weighted by molar-refractivity contribution is -0.145. The van der Waals surface area contributed by atoms with Gasteiger partial charge >= 0.3 is 5.97 Å². The third kappa shape index (κ3) is 3.16. The van der Waals surface area contributed by atoms with Crippen LogP contribution in [0.5, 0.6) is 11.5 Å². The van der Waals surface area contributed by atoms with E-state index in [1.54, 1.807) is 26.0 Å². The van der Waals surface area contributed by atoms with Crippen LogP contribution in [0.4, 0.5) is 0 Å². The highest BCUT2D eigenvalue weighted by Crippen LogP contribution is 2.22. The molecule has 4 nitrogen and oxygen atoms in total. The summed E-state index contributed by atoms with van der Waals surface area (Å²) >= 11 is 0. The lowest BCUT2D eigenvalue weighted by atomic mass is 10.2. The van der Waals surface area contributed by atoms with Crippen molar-refractivity contribution in [2.75, 3.05) is 0 Å². The van der Waals surface area contributed by atoms with Crippen molar-refractivity contribution in [2.45, 2.75) is 26.4 Å². The Morgan fingerprint density at radius 3 is 2.60 bits per heavy atom. The molecular formula is C11H14O4. The summed E-state index contributed by atoms with van der Waals surface area (Å²) in [6.45, 7) is 3.53. The fraction of sp³-hybridized carbons (Fsp3) is 0.364. The van der Waals surface area contributed by atoms with Crippen molar-refractivity contribution in [3.8, 4) is 11.5 Å². The molecule has 0 spiro atoms. The number of benzene rings is 1. The molecule has 2 N–H and O–H groups in total. The third-order valence-electron chi connectivity index (χ3n) is 1.96. The molecule has 0 amide bonds. The highest BCUT2D eigenvalue weighted by Gasteiger charge is 2.16. The van der Waals surface area contributed by atoms with Crippen molar-refractivity contribution < 1.29 is 19.7 Å². The number of aromatic hydroxyl groups is 1. The average Bonchev–Trinajstić information content (AvgIpc) is 2.12. The molecule has 0 heterocycles. The molecule has 0 bridgehead atoms. The van der Waals surface area contributed by atoms with E-state index in [9.17, 15) is 9.90 Å². The number of hydrogen-bond donors (Lipinski definition) is 2. The molecule has 0 aliphatic carbocycles. The van der Waals surface area contributed by atoms with E-state index in [0.717, 1.165) is 5.56 Å². The Morgan fingerprint density at radius 1 is 1.47 bits per heavy atom.